The van der Waals surface area contributed by atoms with Crippen LogP contribution in [0.4, 0.5) is 4.39 Å². The lowest BCUT2D eigenvalue weighted by Gasteiger charge is -2.08. The lowest BCUT2D eigenvalue weighted by Crippen LogP contribution is -2.31. The molecule has 0 bridgehead atoms. The molecular weight excluding hydrogens is 285 g/mol. The quantitative estimate of drug-likeness (QED) is 0.832. The van der Waals surface area contributed by atoms with Gasteiger partial charge in [0, 0.05) is 6.54 Å². The van der Waals surface area contributed by atoms with Gasteiger partial charge in [-0.1, -0.05) is 13.8 Å². The van der Waals surface area contributed by atoms with Crippen LogP contribution in [0.3, 0.4) is 0 Å². The van der Waals surface area contributed by atoms with Crippen molar-refractivity contribution in [2.24, 2.45) is 5.92 Å². The van der Waals surface area contributed by atoms with E-state index in [-0.39, 0.29) is 16.4 Å². The molecule has 1 atom stereocenters. The molecule has 0 spiro atoms. The van der Waals surface area contributed by atoms with E-state index in [0.717, 1.165) is 18.2 Å². The number of hydrogen-bond acceptors (Lipinski definition) is 3. The largest absolute Gasteiger partial charge is 0.478 e. The second-order valence-electron chi connectivity index (χ2n) is 4.64. The van der Waals surface area contributed by atoms with Gasteiger partial charge in [0.25, 0.3) is 0 Å². The normalized spacial score (nSPS) is 12.2. The lowest BCUT2D eigenvalue weighted by atomic mass is 10.2. The van der Waals surface area contributed by atoms with E-state index in [1.807, 2.05) is 13.8 Å². The van der Waals surface area contributed by atoms with E-state index in [9.17, 15) is 18.2 Å². The fraction of sp³-hybridized carbons (Fsp3) is 0.385. The van der Waals surface area contributed by atoms with Gasteiger partial charge >= 0.3 is 5.97 Å². The van der Waals surface area contributed by atoms with Crippen molar-refractivity contribution in [2.75, 3.05) is 12.3 Å². The van der Waals surface area contributed by atoms with E-state index in [4.69, 9.17) is 5.11 Å². The van der Waals surface area contributed by atoms with Crippen LogP contribution in [-0.4, -0.2) is 33.5 Å². The molecule has 5 nitrogen and oxygen atoms in total. The zero-order valence-corrected chi connectivity index (χ0v) is 12.0. The van der Waals surface area contributed by atoms with Gasteiger partial charge in [-0.2, -0.15) is 0 Å². The molecule has 0 aliphatic carbocycles. The first-order chi connectivity index (χ1) is 9.31. The Hall–Kier alpha value is -1.76. The first-order valence-corrected chi connectivity index (χ1v) is 7.31. The van der Waals surface area contributed by atoms with Crippen LogP contribution in [0.1, 0.15) is 24.2 Å². The van der Waals surface area contributed by atoms with Gasteiger partial charge in [-0.05, 0) is 24.1 Å². The van der Waals surface area contributed by atoms with Gasteiger partial charge in [-0.3, -0.25) is 9.00 Å². The number of hydrogen-bond donors (Lipinski definition) is 2. The predicted molar refractivity (Wildman–Crippen MR) is 72.5 cm³/mol. The molecule has 0 aliphatic heterocycles. The van der Waals surface area contributed by atoms with Crippen molar-refractivity contribution in [3.63, 3.8) is 0 Å². The van der Waals surface area contributed by atoms with Crippen LogP contribution in [0.5, 0.6) is 0 Å². The molecule has 1 rings (SSSR count). The van der Waals surface area contributed by atoms with Crippen molar-refractivity contribution < 1.29 is 23.3 Å². The summed E-state index contributed by atoms with van der Waals surface area (Å²) in [6, 6.07) is 3.00. The van der Waals surface area contributed by atoms with E-state index in [2.05, 4.69) is 5.32 Å². The molecule has 0 fully saturated rings. The Kier molecular flexibility index (Phi) is 5.82. The zero-order valence-electron chi connectivity index (χ0n) is 11.2. The molecular formula is C13H16FNO4S. The number of amides is 1. The van der Waals surface area contributed by atoms with Gasteiger partial charge in [0.1, 0.15) is 11.6 Å². The molecule has 7 heteroatoms. The summed E-state index contributed by atoms with van der Waals surface area (Å²) in [6.45, 7) is 4.26. The van der Waals surface area contributed by atoms with Crippen molar-refractivity contribution in [3.05, 3.63) is 29.6 Å². The topological polar surface area (TPSA) is 83.5 Å². The summed E-state index contributed by atoms with van der Waals surface area (Å²) in [5.74, 6) is -2.64. The number of aromatic carboxylic acids is 1. The second kappa shape index (κ2) is 7.14. The maximum Gasteiger partial charge on any atom is 0.335 e. The summed E-state index contributed by atoms with van der Waals surface area (Å²) in [4.78, 5) is 22.0. The van der Waals surface area contributed by atoms with Gasteiger partial charge in [0.05, 0.1) is 21.3 Å². The number of carbonyl (C=O) groups excluding carboxylic acids is 1. The smallest absolute Gasteiger partial charge is 0.335 e. The van der Waals surface area contributed by atoms with Crippen LogP contribution in [0.15, 0.2) is 23.1 Å². The molecule has 0 aromatic heterocycles. The minimum atomic E-state index is -1.92. The standard InChI is InChI=1S/C13H16FNO4S/c1-8(2)6-15-12(16)7-20(19)11-5-9(13(17)18)3-4-10(11)14/h3-5,8H,6-7H2,1-2H3,(H,15,16)(H,17,18). The Balaban J connectivity index is 2.79. The highest BCUT2D eigenvalue weighted by molar-refractivity contribution is 7.85. The van der Waals surface area contributed by atoms with E-state index in [0.29, 0.717) is 6.54 Å². The van der Waals surface area contributed by atoms with Crippen LogP contribution in [0.2, 0.25) is 0 Å². The molecule has 1 amide bonds. The molecule has 1 unspecified atom stereocenters. The summed E-state index contributed by atoms with van der Waals surface area (Å²) in [5, 5.41) is 11.4. The Morgan fingerprint density at radius 2 is 2.05 bits per heavy atom. The number of carboxylic acids is 1. The summed E-state index contributed by atoms with van der Waals surface area (Å²) < 4.78 is 25.4. The van der Waals surface area contributed by atoms with Crippen LogP contribution < -0.4 is 5.32 Å². The highest BCUT2D eigenvalue weighted by Crippen LogP contribution is 2.15. The van der Waals surface area contributed by atoms with Crippen molar-refractivity contribution in [3.8, 4) is 0 Å². The molecule has 1 aromatic carbocycles. The lowest BCUT2D eigenvalue weighted by molar-refractivity contribution is -0.118. The first-order valence-electron chi connectivity index (χ1n) is 5.99. The Morgan fingerprint density at radius 3 is 2.60 bits per heavy atom. The molecule has 2 N–H and O–H groups in total. The van der Waals surface area contributed by atoms with Crippen molar-refractivity contribution in [1.82, 2.24) is 5.32 Å². The van der Waals surface area contributed by atoms with Crippen molar-refractivity contribution >= 4 is 22.7 Å². The van der Waals surface area contributed by atoms with Crippen LogP contribution >= 0.6 is 0 Å². The molecule has 0 radical (unpaired) electrons. The molecule has 20 heavy (non-hydrogen) atoms. The number of halogens is 1. The highest BCUT2D eigenvalue weighted by atomic mass is 32.2. The number of benzene rings is 1. The average molecular weight is 301 g/mol. The molecule has 1 aromatic rings. The van der Waals surface area contributed by atoms with Gasteiger partial charge < -0.3 is 10.4 Å². The fourth-order valence-electron chi connectivity index (χ4n) is 1.38. The molecule has 0 saturated heterocycles. The number of nitrogens with one attached hydrogen (secondary N) is 1. The number of rotatable bonds is 6. The molecule has 110 valence electrons. The van der Waals surface area contributed by atoms with Gasteiger partial charge in [-0.25, -0.2) is 9.18 Å². The molecule has 0 saturated carbocycles. The van der Waals surface area contributed by atoms with E-state index < -0.39 is 34.2 Å². The Morgan fingerprint density at radius 1 is 1.40 bits per heavy atom. The van der Waals surface area contributed by atoms with Crippen LogP contribution in [0, 0.1) is 11.7 Å². The predicted octanol–water partition coefficient (Wildman–Crippen LogP) is 1.40. The summed E-state index contributed by atoms with van der Waals surface area (Å²) in [5.41, 5.74) is -0.169. The maximum atomic E-state index is 13.5. The molecule has 0 aliphatic rings. The third kappa shape index (κ3) is 4.73. The summed E-state index contributed by atoms with van der Waals surface area (Å²) >= 11 is 0. The first kappa shape index (κ1) is 16.3. The summed E-state index contributed by atoms with van der Waals surface area (Å²) in [7, 11) is -1.92. The maximum absolute atomic E-state index is 13.5. The number of carboxylic acid groups (broad SMARTS) is 1. The minimum Gasteiger partial charge on any atom is -0.478 e. The average Bonchev–Trinajstić information content (AvgIpc) is 2.36. The highest BCUT2D eigenvalue weighted by Gasteiger charge is 2.16. The summed E-state index contributed by atoms with van der Waals surface area (Å²) in [6.07, 6.45) is 0. The second-order valence-corrected chi connectivity index (χ2v) is 6.06. The van der Waals surface area contributed by atoms with E-state index >= 15 is 0 Å². The zero-order chi connectivity index (χ0) is 15.3. The van der Waals surface area contributed by atoms with Gasteiger partial charge in [0.2, 0.25) is 5.91 Å². The Labute approximate surface area is 118 Å². The van der Waals surface area contributed by atoms with Gasteiger partial charge in [-0.15, -0.1) is 0 Å². The van der Waals surface area contributed by atoms with Crippen molar-refractivity contribution in [1.29, 1.82) is 0 Å². The third-order valence-corrected chi connectivity index (χ3v) is 3.72. The molecule has 0 heterocycles. The number of carbonyl (C=O) groups is 2. The monoisotopic (exact) mass is 301 g/mol. The van der Waals surface area contributed by atoms with Gasteiger partial charge in [0.15, 0.2) is 0 Å². The van der Waals surface area contributed by atoms with Crippen LogP contribution in [0.25, 0.3) is 0 Å². The third-order valence-electron chi connectivity index (χ3n) is 2.39. The fourth-order valence-corrected chi connectivity index (χ4v) is 2.42. The van der Waals surface area contributed by atoms with E-state index in [1.165, 1.54) is 0 Å². The minimum absolute atomic E-state index is 0.169. The van der Waals surface area contributed by atoms with E-state index in [1.54, 1.807) is 0 Å². The van der Waals surface area contributed by atoms with Crippen molar-refractivity contribution in [2.45, 2.75) is 18.7 Å². The Bertz CT molecular complexity index is 545. The van der Waals surface area contributed by atoms with Crippen LogP contribution in [-0.2, 0) is 15.6 Å². The SMILES string of the molecule is CC(C)CNC(=O)CS(=O)c1cc(C(=O)O)ccc1F.